The predicted molar refractivity (Wildman–Crippen MR) is 231 cm³/mol. The number of fused-ring (bicyclic) bond motifs is 6. The second-order valence-electron chi connectivity index (χ2n) is 16.2. The van der Waals surface area contributed by atoms with Crippen LogP contribution in [0.3, 0.4) is 0 Å². The van der Waals surface area contributed by atoms with E-state index in [1.54, 1.807) is 27.5 Å². The average molecular weight is 798 g/mol. The number of hydrogen-bond acceptors (Lipinski definition) is 12. The number of piperazine rings is 1. The summed E-state index contributed by atoms with van der Waals surface area (Å²) < 4.78 is 4.32. The van der Waals surface area contributed by atoms with Crippen LogP contribution in [-0.4, -0.2) is 100 Å². The molecule has 3 fully saturated rings. The van der Waals surface area contributed by atoms with Crippen molar-refractivity contribution in [2.45, 2.75) is 44.7 Å². The summed E-state index contributed by atoms with van der Waals surface area (Å²) in [6.45, 7) is 9.70. The lowest BCUT2D eigenvalue weighted by molar-refractivity contribution is -0.135. The van der Waals surface area contributed by atoms with E-state index < -0.39 is 11.9 Å². The molecule has 0 saturated carbocycles. The summed E-state index contributed by atoms with van der Waals surface area (Å²) in [7, 11) is 1.74. The number of imidazole rings is 1. The van der Waals surface area contributed by atoms with Gasteiger partial charge in [-0.05, 0) is 86.7 Å². The lowest BCUT2D eigenvalue weighted by Crippen LogP contribution is -2.49. The van der Waals surface area contributed by atoms with Gasteiger partial charge in [-0.2, -0.15) is 0 Å². The summed E-state index contributed by atoms with van der Waals surface area (Å²) in [6, 6.07) is 18.3. The minimum absolute atomic E-state index is 0.123. The van der Waals surface area contributed by atoms with Crippen LogP contribution in [0.25, 0.3) is 43.3 Å². The van der Waals surface area contributed by atoms with E-state index in [0.29, 0.717) is 23.7 Å². The Hall–Kier alpha value is -5.80. The van der Waals surface area contributed by atoms with Gasteiger partial charge in [0.05, 0.1) is 38.9 Å². The number of imide groups is 1. The van der Waals surface area contributed by atoms with Crippen molar-refractivity contribution in [1.82, 2.24) is 29.3 Å². The van der Waals surface area contributed by atoms with E-state index in [-0.39, 0.29) is 24.1 Å². The quantitative estimate of drug-likeness (QED) is 0.202. The van der Waals surface area contributed by atoms with Gasteiger partial charge in [0.15, 0.2) is 0 Å². The minimum atomic E-state index is -0.680. The van der Waals surface area contributed by atoms with Gasteiger partial charge in [-0.1, -0.05) is 0 Å². The van der Waals surface area contributed by atoms with Gasteiger partial charge in [0.2, 0.25) is 11.8 Å². The zero-order valence-corrected chi connectivity index (χ0v) is 33.6. The van der Waals surface area contributed by atoms with E-state index in [4.69, 9.17) is 15.7 Å². The maximum Gasteiger partial charge on any atom is 0.329 e. The number of rotatable bonds is 6. The molecule has 0 aliphatic carbocycles. The molecule has 2 amide bonds. The molecule has 0 bridgehead atoms. The summed E-state index contributed by atoms with van der Waals surface area (Å²) in [5.41, 5.74) is 12.6. The van der Waals surface area contributed by atoms with Gasteiger partial charge in [-0.15, -0.1) is 11.3 Å². The number of benzene rings is 2. The number of carbonyl (C=O) groups is 2. The first-order chi connectivity index (χ1) is 28.2. The zero-order chi connectivity index (χ0) is 39.7. The first-order valence-electron chi connectivity index (χ1n) is 20.4. The third-order valence-electron chi connectivity index (χ3n) is 12.5. The fourth-order valence-electron chi connectivity index (χ4n) is 9.30. The van der Waals surface area contributed by atoms with Crippen molar-refractivity contribution < 1.29 is 9.59 Å². The molecule has 1 unspecified atom stereocenters. The Balaban J connectivity index is 0.743. The van der Waals surface area contributed by atoms with Gasteiger partial charge in [0.1, 0.15) is 17.7 Å². The number of amides is 2. The fourth-order valence-corrected chi connectivity index (χ4v) is 10.4. The van der Waals surface area contributed by atoms with Crippen LogP contribution in [-0.2, 0) is 16.6 Å². The number of nitrogens with two attached hydrogens (primary N) is 1. The molecule has 10 rings (SSSR count). The maximum absolute atomic E-state index is 13.2. The number of amidine groups is 1. The van der Waals surface area contributed by atoms with E-state index in [1.807, 2.05) is 18.3 Å². The van der Waals surface area contributed by atoms with Crippen LogP contribution < -0.4 is 31.9 Å². The average Bonchev–Trinajstić information content (AvgIpc) is 3.69. The number of nitrogens with zero attached hydrogens (tertiary/aromatic N) is 8. The summed E-state index contributed by atoms with van der Waals surface area (Å²) in [6.07, 6.45) is 4.78. The van der Waals surface area contributed by atoms with E-state index in [1.165, 1.54) is 4.70 Å². The molecule has 3 saturated heterocycles. The van der Waals surface area contributed by atoms with Crippen LogP contribution in [0.5, 0.6) is 0 Å². The number of thiophene rings is 1. The van der Waals surface area contributed by atoms with Crippen LogP contribution in [0.1, 0.15) is 43.5 Å². The largest absolute Gasteiger partial charge is 0.383 e. The molecule has 4 aliphatic rings. The highest BCUT2D eigenvalue weighted by Crippen LogP contribution is 2.41. The number of aromatic nitrogens is 4. The number of anilines is 3. The normalized spacial score (nSPS) is 21.0. The Labute approximate surface area is 339 Å². The molecule has 8 heterocycles. The van der Waals surface area contributed by atoms with Crippen LogP contribution in [0, 0.1) is 5.92 Å². The highest BCUT2D eigenvalue weighted by molar-refractivity contribution is 7.21. The lowest BCUT2D eigenvalue weighted by Gasteiger charge is -2.40. The van der Waals surface area contributed by atoms with Gasteiger partial charge in [-0.25, -0.2) is 14.8 Å². The molecule has 58 heavy (non-hydrogen) atoms. The molecule has 4 aromatic heterocycles. The molecular weight excluding hydrogens is 751 g/mol. The maximum atomic E-state index is 13.2. The minimum Gasteiger partial charge on any atom is -0.383 e. The molecular formula is C43H47N11O3S. The predicted octanol–water partition coefficient (Wildman–Crippen LogP) is 4.70. The first kappa shape index (κ1) is 36.5. The van der Waals surface area contributed by atoms with E-state index in [0.717, 1.165) is 120 Å². The molecule has 2 atom stereocenters. The van der Waals surface area contributed by atoms with Crippen molar-refractivity contribution in [1.29, 1.82) is 0 Å². The second kappa shape index (κ2) is 14.5. The summed E-state index contributed by atoms with van der Waals surface area (Å²) >= 11 is 1.68. The molecule has 14 nitrogen and oxygen atoms in total. The number of aliphatic imine (C=N–C) groups is 1. The number of aryl methyl sites for hydroxylation is 1. The molecule has 298 valence electrons. The number of pyridine rings is 2. The molecule has 4 aliphatic heterocycles. The van der Waals surface area contributed by atoms with Crippen molar-refractivity contribution in [2.75, 3.05) is 67.5 Å². The highest BCUT2D eigenvalue weighted by Gasteiger charge is 2.32. The highest BCUT2D eigenvalue weighted by atomic mass is 32.1. The Kier molecular flexibility index (Phi) is 9.16. The van der Waals surface area contributed by atoms with Crippen molar-refractivity contribution in [3.05, 3.63) is 76.2 Å². The van der Waals surface area contributed by atoms with Gasteiger partial charge >= 0.3 is 5.69 Å². The van der Waals surface area contributed by atoms with Crippen LogP contribution in [0.15, 0.2) is 70.6 Å². The third kappa shape index (κ3) is 6.46. The van der Waals surface area contributed by atoms with E-state index >= 15 is 0 Å². The first-order valence-corrected chi connectivity index (χ1v) is 21.2. The second-order valence-corrected chi connectivity index (χ2v) is 17.3. The Morgan fingerprint density at radius 2 is 1.72 bits per heavy atom. The number of piperidine rings is 2. The molecule has 2 aromatic carbocycles. The molecule has 15 heteroatoms. The van der Waals surface area contributed by atoms with Gasteiger partial charge in [0.25, 0.3) is 0 Å². The van der Waals surface area contributed by atoms with Crippen molar-refractivity contribution in [3.63, 3.8) is 0 Å². The summed E-state index contributed by atoms with van der Waals surface area (Å²) in [5, 5.41) is 8.25. The van der Waals surface area contributed by atoms with Crippen molar-refractivity contribution in [3.8, 4) is 11.3 Å². The molecule has 0 spiro atoms. The van der Waals surface area contributed by atoms with Crippen molar-refractivity contribution in [2.24, 2.45) is 23.7 Å². The smallest absolute Gasteiger partial charge is 0.329 e. The zero-order valence-electron chi connectivity index (χ0n) is 32.8. The topological polar surface area (TPSA) is 159 Å². The lowest BCUT2D eigenvalue weighted by atomic mass is 9.96. The third-order valence-corrected chi connectivity index (χ3v) is 13.7. The molecule has 4 N–H and O–H groups in total. The standard InChI is InChI=1S/C43H47N11O3S/c1-25-22-46-39-38-29-5-6-30(48-31(29)7-10-35(38)58-40(39)41(44)47-25)27-3-11-36(45-23-27)53-15-13-26(14-16-53)24-51-17-19-52(20-18-51)28-4-8-32-34(21-28)50(2)43(57)54(32)33-9-12-37(55)49-42(33)56/h3-8,10-11,21,23,25-26,33,46H,9,12-20,22,24H2,1-2H3,(H2,44,47)(H,49,55,56)/t25-,33?/m1/s1. The number of hydrogen-bond donors (Lipinski definition) is 3. The Bertz CT molecular complexity index is 2680. The Morgan fingerprint density at radius 3 is 2.50 bits per heavy atom. The molecule has 0 radical (unpaired) electrons. The summed E-state index contributed by atoms with van der Waals surface area (Å²) in [4.78, 5) is 60.6. The fraction of sp³-hybridized carbons (Fsp3) is 0.395. The van der Waals surface area contributed by atoms with Crippen LogP contribution in [0.2, 0.25) is 0 Å². The molecule has 6 aromatic rings. The SMILES string of the molecule is C[C@@H]1CNc2c(sc3ccc4nc(-c5ccc(N6CCC(CN7CCN(c8ccc9c(c8)n(C)c(=O)n9C8CCC(=O)NC8=O)CC7)CC6)nc5)ccc4c23)C(N)=N1. The van der Waals surface area contributed by atoms with Crippen LogP contribution >= 0.6 is 11.3 Å². The van der Waals surface area contributed by atoms with E-state index in [9.17, 15) is 14.4 Å². The number of carbonyl (C=O) groups excluding carboxylic acids is 2. The van der Waals surface area contributed by atoms with E-state index in [2.05, 4.69) is 79.7 Å². The number of nitrogens with one attached hydrogen (secondary N) is 2. The summed E-state index contributed by atoms with van der Waals surface area (Å²) in [5.74, 6) is 1.56. The van der Waals surface area contributed by atoms with Crippen LogP contribution in [0.4, 0.5) is 17.2 Å². The van der Waals surface area contributed by atoms with Gasteiger partial charge < -0.3 is 20.9 Å². The van der Waals surface area contributed by atoms with Crippen molar-refractivity contribution >= 4 is 78.2 Å². The monoisotopic (exact) mass is 797 g/mol. The van der Waals surface area contributed by atoms with Gasteiger partial charge in [-0.3, -0.25) is 33.9 Å². The Morgan fingerprint density at radius 1 is 0.897 bits per heavy atom. The van der Waals surface area contributed by atoms with Gasteiger partial charge in [0, 0.05) is 98.7 Å².